The first-order valence-electron chi connectivity index (χ1n) is 9.75. The topological polar surface area (TPSA) is 74.8 Å². The van der Waals surface area contributed by atoms with Gasteiger partial charge in [-0.25, -0.2) is 4.98 Å². The minimum Gasteiger partial charge on any atom is -0.376 e. The standard InChI is InChI=1S/C20H23ClN4O3S/c21-16-5-12-29-17(16)20(27)25-9-7-24(8-10-25)18-15(4-1-6-22-18)19(26)23-13-14-3-2-11-28-14/h1,4-6,12,14H,2-3,7-11,13H2,(H,23,26). The van der Waals surface area contributed by atoms with Crippen LogP contribution in [0, 0.1) is 0 Å². The molecule has 4 rings (SSSR count). The highest BCUT2D eigenvalue weighted by atomic mass is 35.5. The number of ether oxygens (including phenoxy) is 1. The lowest BCUT2D eigenvalue weighted by Gasteiger charge is -2.36. The summed E-state index contributed by atoms with van der Waals surface area (Å²) >= 11 is 7.46. The minimum absolute atomic E-state index is 0.0415. The number of halogens is 1. The van der Waals surface area contributed by atoms with Crippen molar-refractivity contribution in [3.63, 3.8) is 0 Å². The Morgan fingerprint density at radius 3 is 2.79 bits per heavy atom. The van der Waals surface area contributed by atoms with Gasteiger partial charge in [0.15, 0.2) is 0 Å². The molecule has 4 heterocycles. The van der Waals surface area contributed by atoms with Crippen LogP contribution in [0.25, 0.3) is 0 Å². The molecule has 1 N–H and O–H groups in total. The van der Waals surface area contributed by atoms with E-state index in [4.69, 9.17) is 16.3 Å². The van der Waals surface area contributed by atoms with Gasteiger partial charge in [0.05, 0.1) is 16.7 Å². The molecule has 0 bridgehead atoms. The highest BCUT2D eigenvalue weighted by Crippen LogP contribution is 2.25. The van der Waals surface area contributed by atoms with Crippen LogP contribution in [0.1, 0.15) is 32.9 Å². The van der Waals surface area contributed by atoms with Crippen LogP contribution in [-0.2, 0) is 4.74 Å². The van der Waals surface area contributed by atoms with Crippen molar-refractivity contribution >= 4 is 40.6 Å². The van der Waals surface area contributed by atoms with Crippen LogP contribution in [0.3, 0.4) is 0 Å². The third-order valence-corrected chi connectivity index (χ3v) is 6.55. The Morgan fingerprint density at radius 2 is 2.10 bits per heavy atom. The van der Waals surface area contributed by atoms with Crippen molar-refractivity contribution in [3.05, 3.63) is 45.2 Å². The molecule has 0 spiro atoms. The summed E-state index contributed by atoms with van der Waals surface area (Å²) in [6.07, 6.45) is 3.80. The average Bonchev–Trinajstić information content (AvgIpc) is 3.43. The van der Waals surface area contributed by atoms with Crippen molar-refractivity contribution in [2.75, 3.05) is 44.2 Å². The van der Waals surface area contributed by atoms with Crippen LogP contribution < -0.4 is 10.2 Å². The van der Waals surface area contributed by atoms with Crippen molar-refractivity contribution in [1.29, 1.82) is 0 Å². The van der Waals surface area contributed by atoms with Crippen molar-refractivity contribution in [2.45, 2.75) is 18.9 Å². The maximum absolute atomic E-state index is 12.7. The second-order valence-corrected chi connectivity index (χ2v) is 8.42. The Balaban J connectivity index is 1.39. The van der Waals surface area contributed by atoms with Gasteiger partial charge in [0.1, 0.15) is 10.7 Å². The Morgan fingerprint density at radius 1 is 1.28 bits per heavy atom. The van der Waals surface area contributed by atoms with Crippen LogP contribution >= 0.6 is 22.9 Å². The number of pyridine rings is 1. The Bertz CT molecular complexity index is 876. The van der Waals surface area contributed by atoms with E-state index in [1.807, 2.05) is 5.38 Å². The molecule has 0 aromatic carbocycles. The summed E-state index contributed by atoms with van der Waals surface area (Å²) in [4.78, 5) is 34.3. The van der Waals surface area contributed by atoms with Gasteiger partial charge < -0.3 is 19.9 Å². The van der Waals surface area contributed by atoms with Gasteiger partial charge in [-0.1, -0.05) is 11.6 Å². The van der Waals surface area contributed by atoms with E-state index in [0.717, 1.165) is 19.4 Å². The second kappa shape index (κ2) is 9.11. The maximum atomic E-state index is 12.7. The average molecular weight is 435 g/mol. The largest absolute Gasteiger partial charge is 0.376 e. The lowest BCUT2D eigenvalue weighted by molar-refractivity contribution is 0.0750. The fraction of sp³-hybridized carbons (Fsp3) is 0.450. The fourth-order valence-corrected chi connectivity index (χ4v) is 4.75. The summed E-state index contributed by atoms with van der Waals surface area (Å²) < 4.78 is 5.57. The van der Waals surface area contributed by atoms with Gasteiger partial charge in [0, 0.05) is 45.5 Å². The molecule has 1 unspecified atom stereocenters. The summed E-state index contributed by atoms with van der Waals surface area (Å²) in [7, 11) is 0. The number of amides is 2. The number of thiophene rings is 1. The molecule has 2 aliphatic rings. The number of anilines is 1. The molecule has 2 saturated heterocycles. The predicted molar refractivity (Wildman–Crippen MR) is 113 cm³/mol. The van der Waals surface area contributed by atoms with Crippen molar-refractivity contribution in [1.82, 2.24) is 15.2 Å². The van der Waals surface area contributed by atoms with Crippen LogP contribution in [0.15, 0.2) is 29.8 Å². The number of rotatable bonds is 5. The number of carbonyl (C=O) groups excluding carboxylic acids is 2. The monoisotopic (exact) mass is 434 g/mol. The van der Waals surface area contributed by atoms with Crippen LogP contribution in [0.5, 0.6) is 0 Å². The van der Waals surface area contributed by atoms with E-state index in [1.165, 1.54) is 11.3 Å². The fourth-order valence-electron chi connectivity index (χ4n) is 3.64. The van der Waals surface area contributed by atoms with Gasteiger partial charge >= 0.3 is 0 Å². The SMILES string of the molecule is O=C(NCC1CCCO1)c1cccnc1N1CCN(C(=O)c2sccc2Cl)CC1. The molecule has 0 saturated carbocycles. The van der Waals surface area contributed by atoms with Gasteiger partial charge in [-0.05, 0) is 36.4 Å². The van der Waals surface area contributed by atoms with Gasteiger partial charge in [-0.3, -0.25) is 9.59 Å². The lowest BCUT2D eigenvalue weighted by atomic mass is 10.2. The molecular formula is C20H23ClN4O3S. The summed E-state index contributed by atoms with van der Waals surface area (Å²) in [6, 6.07) is 5.30. The first kappa shape index (κ1) is 20.1. The maximum Gasteiger partial charge on any atom is 0.265 e. The van der Waals surface area contributed by atoms with Crippen LogP contribution in [-0.4, -0.2) is 67.1 Å². The van der Waals surface area contributed by atoms with Crippen LogP contribution in [0.2, 0.25) is 5.02 Å². The molecule has 0 radical (unpaired) electrons. The number of hydrogen-bond donors (Lipinski definition) is 1. The molecule has 29 heavy (non-hydrogen) atoms. The number of aromatic nitrogens is 1. The highest BCUT2D eigenvalue weighted by Gasteiger charge is 2.27. The van der Waals surface area contributed by atoms with E-state index < -0.39 is 0 Å². The number of carbonyl (C=O) groups is 2. The normalized spacial score (nSPS) is 19.4. The number of nitrogens with zero attached hydrogens (tertiary/aromatic N) is 3. The Kier molecular flexibility index (Phi) is 6.32. The summed E-state index contributed by atoms with van der Waals surface area (Å²) in [5.41, 5.74) is 0.548. The first-order chi connectivity index (χ1) is 14.1. The third-order valence-electron chi connectivity index (χ3n) is 5.22. The van der Waals surface area contributed by atoms with E-state index >= 15 is 0 Å². The van der Waals surface area contributed by atoms with E-state index in [-0.39, 0.29) is 17.9 Å². The van der Waals surface area contributed by atoms with Crippen molar-refractivity contribution in [3.8, 4) is 0 Å². The quantitative estimate of drug-likeness (QED) is 0.783. The molecule has 9 heteroatoms. The zero-order valence-electron chi connectivity index (χ0n) is 16.0. The molecular weight excluding hydrogens is 412 g/mol. The van der Waals surface area contributed by atoms with E-state index in [2.05, 4.69) is 15.2 Å². The van der Waals surface area contributed by atoms with Gasteiger partial charge in [0.25, 0.3) is 11.8 Å². The molecule has 1 atom stereocenters. The molecule has 2 aliphatic heterocycles. The molecule has 2 aromatic rings. The van der Waals surface area contributed by atoms with E-state index in [1.54, 1.807) is 29.3 Å². The van der Waals surface area contributed by atoms with Gasteiger partial charge in [-0.15, -0.1) is 11.3 Å². The molecule has 154 valence electrons. The second-order valence-electron chi connectivity index (χ2n) is 7.10. The van der Waals surface area contributed by atoms with Gasteiger partial charge in [-0.2, -0.15) is 0 Å². The number of hydrogen-bond acceptors (Lipinski definition) is 6. The first-order valence-corrected chi connectivity index (χ1v) is 11.0. The van der Waals surface area contributed by atoms with Crippen molar-refractivity contribution in [2.24, 2.45) is 0 Å². The summed E-state index contributed by atoms with van der Waals surface area (Å²) in [5, 5.41) is 5.28. The lowest BCUT2D eigenvalue weighted by Crippen LogP contribution is -2.49. The smallest absolute Gasteiger partial charge is 0.265 e. The molecule has 2 amide bonds. The summed E-state index contributed by atoms with van der Waals surface area (Å²) in [6.45, 7) is 3.60. The minimum atomic E-state index is -0.146. The van der Waals surface area contributed by atoms with Gasteiger partial charge in [0.2, 0.25) is 0 Å². The Labute approximate surface area is 178 Å². The Hall–Kier alpha value is -2.16. The van der Waals surface area contributed by atoms with Crippen LogP contribution in [0.4, 0.5) is 5.82 Å². The highest BCUT2D eigenvalue weighted by molar-refractivity contribution is 7.12. The number of nitrogens with one attached hydrogen (secondary N) is 1. The van der Waals surface area contributed by atoms with Crippen molar-refractivity contribution < 1.29 is 14.3 Å². The molecule has 2 aromatic heterocycles. The zero-order chi connectivity index (χ0) is 20.2. The van der Waals surface area contributed by atoms with E-state index in [0.29, 0.717) is 54.0 Å². The third kappa shape index (κ3) is 4.55. The molecule has 0 aliphatic carbocycles. The molecule has 7 nitrogen and oxygen atoms in total. The zero-order valence-corrected chi connectivity index (χ0v) is 17.5. The summed E-state index contributed by atoms with van der Waals surface area (Å²) in [5.74, 6) is 0.464. The predicted octanol–water partition coefficient (Wildman–Crippen LogP) is 2.67. The molecule has 2 fully saturated rings. The number of piperazine rings is 1. The van der Waals surface area contributed by atoms with E-state index in [9.17, 15) is 9.59 Å².